The number of furan rings is 1. The molecule has 2 rings (SSSR count). The third kappa shape index (κ3) is 6.24. The minimum atomic E-state index is -0.464. The monoisotopic (exact) mass is 324 g/mol. The number of phenols is 1. The first-order chi connectivity index (χ1) is 11.7. The van der Waals surface area contributed by atoms with E-state index in [9.17, 15) is 9.90 Å². The van der Waals surface area contributed by atoms with E-state index >= 15 is 0 Å². The summed E-state index contributed by atoms with van der Waals surface area (Å²) in [6.07, 6.45) is 6.29. The number of carbonyl (C=O) groups excluding carboxylic acids is 1. The number of nitrogens with one attached hydrogen (secondary N) is 1. The maximum absolute atomic E-state index is 11.8. The molecule has 5 heteroatoms. The lowest BCUT2D eigenvalue weighted by Crippen LogP contribution is -2.23. The molecule has 2 aromatic rings. The minimum Gasteiger partial charge on any atom is -0.508 e. The second-order valence-corrected chi connectivity index (χ2v) is 4.40. The number of allylic oxidation sites excluding steroid dienone is 2. The first kappa shape index (κ1) is 18.8. The first-order valence-corrected chi connectivity index (χ1v) is 7.57. The molecule has 0 saturated carbocycles. The van der Waals surface area contributed by atoms with Crippen LogP contribution in [0.5, 0.6) is 5.75 Å². The number of phenolic OH excluding ortho intramolecular Hbond substituents is 1. The van der Waals surface area contributed by atoms with Gasteiger partial charge >= 0.3 is 0 Å². The zero-order valence-electron chi connectivity index (χ0n) is 13.7. The molecule has 1 aromatic carbocycles. The van der Waals surface area contributed by atoms with Crippen LogP contribution in [0.15, 0.2) is 64.8 Å². The van der Waals surface area contributed by atoms with Gasteiger partial charge in [-0.1, -0.05) is 38.1 Å². The molecule has 0 radical (unpaired) electrons. The van der Waals surface area contributed by atoms with Crippen molar-refractivity contribution in [2.75, 3.05) is 0 Å². The van der Waals surface area contributed by atoms with Gasteiger partial charge in [0.2, 0.25) is 0 Å². The van der Waals surface area contributed by atoms with Crippen molar-refractivity contribution in [3.05, 3.63) is 71.7 Å². The van der Waals surface area contributed by atoms with E-state index in [2.05, 4.69) is 5.32 Å². The summed E-state index contributed by atoms with van der Waals surface area (Å²) < 4.78 is 5.09. The Morgan fingerprint density at radius 3 is 2.58 bits per heavy atom. The van der Waals surface area contributed by atoms with Crippen molar-refractivity contribution in [3.63, 3.8) is 0 Å². The summed E-state index contributed by atoms with van der Waals surface area (Å²) >= 11 is 0. The van der Waals surface area contributed by atoms with Crippen LogP contribution >= 0.6 is 0 Å². The molecule has 0 bridgehead atoms. The third-order valence-electron chi connectivity index (χ3n) is 2.81. The van der Waals surface area contributed by atoms with Crippen LogP contribution in [-0.2, 0) is 11.3 Å². The highest BCUT2D eigenvalue weighted by molar-refractivity contribution is 5.97. The van der Waals surface area contributed by atoms with Crippen LogP contribution in [0, 0.1) is 11.3 Å². The number of benzene rings is 1. The summed E-state index contributed by atoms with van der Waals surface area (Å²) in [6, 6.07) is 11.9. The van der Waals surface area contributed by atoms with E-state index in [0.29, 0.717) is 5.76 Å². The fraction of sp³-hybridized carbons (Fsp3) is 0.158. The van der Waals surface area contributed by atoms with E-state index < -0.39 is 5.91 Å². The van der Waals surface area contributed by atoms with Gasteiger partial charge in [0, 0.05) is 0 Å². The van der Waals surface area contributed by atoms with E-state index in [-0.39, 0.29) is 17.9 Å². The molecule has 0 unspecified atom stereocenters. The van der Waals surface area contributed by atoms with Gasteiger partial charge in [0.25, 0.3) is 5.91 Å². The normalized spacial score (nSPS) is 10.6. The molecule has 1 heterocycles. The Bertz CT molecular complexity index is 721. The summed E-state index contributed by atoms with van der Waals surface area (Å²) in [6.45, 7) is 4.23. The SMILES string of the molecule is CC.N#C/C(=C\C=C\c1ccc(O)cc1)C(=O)NCc1ccco1. The zero-order valence-corrected chi connectivity index (χ0v) is 13.7. The predicted molar refractivity (Wildman–Crippen MR) is 92.7 cm³/mol. The van der Waals surface area contributed by atoms with Crippen LogP contribution in [0.3, 0.4) is 0 Å². The molecule has 124 valence electrons. The van der Waals surface area contributed by atoms with E-state index in [1.807, 2.05) is 19.9 Å². The average Bonchev–Trinajstić information content (AvgIpc) is 3.13. The molecule has 0 aliphatic heterocycles. The highest BCUT2D eigenvalue weighted by Gasteiger charge is 2.07. The highest BCUT2D eigenvalue weighted by atomic mass is 16.3. The Morgan fingerprint density at radius 1 is 1.29 bits per heavy atom. The van der Waals surface area contributed by atoms with Gasteiger partial charge in [-0.15, -0.1) is 0 Å². The predicted octanol–water partition coefficient (Wildman–Crippen LogP) is 3.79. The second kappa shape index (κ2) is 10.5. The van der Waals surface area contributed by atoms with Crippen LogP contribution in [0.1, 0.15) is 25.2 Å². The van der Waals surface area contributed by atoms with Crippen molar-refractivity contribution in [3.8, 4) is 11.8 Å². The standard InChI is InChI=1S/C17H14N2O3.C2H6/c18-11-14(17(21)19-12-16-5-2-10-22-16)4-1-3-13-6-8-15(20)9-7-13;1-2/h1-10,20H,12H2,(H,19,21);1-2H3/b3-1+,14-4+;. The zero-order chi connectivity index (χ0) is 17.8. The lowest BCUT2D eigenvalue weighted by molar-refractivity contribution is -0.117. The van der Waals surface area contributed by atoms with E-state index in [4.69, 9.17) is 9.68 Å². The molecule has 0 fully saturated rings. The first-order valence-electron chi connectivity index (χ1n) is 7.57. The van der Waals surface area contributed by atoms with E-state index in [1.54, 1.807) is 48.6 Å². The van der Waals surface area contributed by atoms with Crippen molar-refractivity contribution in [2.24, 2.45) is 0 Å². The van der Waals surface area contributed by atoms with Crippen LogP contribution in [0.2, 0.25) is 0 Å². The van der Waals surface area contributed by atoms with Gasteiger partial charge in [0.15, 0.2) is 0 Å². The molecule has 0 saturated heterocycles. The fourth-order valence-electron chi connectivity index (χ4n) is 1.68. The smallest absolute Gasteiger partial charge is 0.262 e. The molecule has 0 atom stereocenters. The summed E-state index contributed by atoms with van der Waals surface area (Å²) in [7, 11) is 0. The van der Waals surface area contributed by atoms with Crippen LogP contribution < -0.4 is 5.32 Å². The maximum atomic E-state index is 11.8. The molecular weight excluding hydrogens is 304 g/mol. The second-order valence-electron chi connectivity index (χ2n) is 4.40. The third-order valence-corrected chi connectivity index (χ3v) is 2.81. The Balaban J connectivity index is 0.00000139. The van der Waals surface area contributed by atoms with Gasteiger partial charge in [-0.2, -0.15) is 5.26 Å². The van der Waals surface area contributed by atoms with Crippen LogP contribution in [0.4, 0.5) is 0 Å². The van der Waals surface area contributed by atoms with Crippen molar-refractivity contribution < 1.29 is 14.3 Å². The largest absolute Gasteiger partial charge is 0.508 e. The maximum Gasteiger partial charge on any atom is 0.262 e. The highest BCUT2D eigenvalue weighted by Crippen LogP contribution is 2.11. The van der Waals surface area contributed by atoms with Crippen LogP contribution in [-0.4, -0.2) is 11.0 Å². The molecule has 1 amide bonds. The Labute approximate surface area is 141 Å². The van der Waals surface area contributed by atoms with E-state index in [1.165, 1.54) is 12.3 Å². The Kier molecular flexibility index (Phi) is 8.19. The molecular formula is C19H20N2O3. The number of nitrogens with zero attached hydrogens (tertiary/aromatic N) is 1. The van der Waals surface area contributed by atoms with Crippen LogP contribution in [0.25, 0.3) is 6.08 Å². The van der Waals surface area contributed by atoms with Gasteiger partial charge < -0.3 is 14.8 Å². The van der Waals surface area contributed by atoms with Gasteiger partial charge in [-0.25, -0.2) is 0 Å². The fourth-order valence-corrected chi connectivity index (χ4v) is 1.68. The summed E-state index contributed by atoms with van der Waals surface area (Å²) in [5, 5.41) is 20.8. The number of rotatable bonds is 5. The molecule has 24 heavy (non-hydrogen) atoms. The lowest BCUT2D eigenvalue weighted by atomic mass is 10.2. The van der Waals surface area contributed by atoms with Crippen molar-refractivity contribution in [2.45, 2.75) is 20.4 Å². The van der Waals surface area contributed by atoms with Gasteiger partial charge in [0.05, 0.1) is 12.8 Å². The number of carbonyl (C=O) groups is 1. The number of nitriles is 1. The number of aromatic hydroxyl groups is 1. The van der Waals surface area contributed by atoms with Crippen molar-refractivity contribution in [1.82, 2.24) is 5.32 Å². The molecule has 5 nitrogen and oxygen atoms in total. The van der Waals surface area contributed by atoms with Crippen molar-refractivity contribution in [1.29, 1.82) is 5.26 Å². The van der Waals surface area contributed by atoms with Gasteiger partial charge in [0.1, 0.15) is 23.2 Å². The molecule has 0 aliphatic carbocycles. The molecule has 0 aliphatic rings. The average molecular weight is 324 g/mol. The summed E-state index contributed by atoms with van der Waals surface area (Å²) in [5.41, 5.74) is 0.851. The van der Waals surface area contributed by atoms with E-state index in [0.717, 1.165) is 5.56 Å². The summed E-state index contributed by atoms with van der Waals surface area (Å²) in [5.74, 6) is 0.335. The Hall–Kier alpha value is -3.26. The van der Waals surface area contributed by atoms with Gasteiger partial charge in [-0.05, 0) is 35.9 Å². The minimum absolute atomic E-state index is 0.00147. The Morgan fingerprint density at radius 2 is 2.00 bits per heavy atom. The quantitative estimate of drug-likeness (QED) is 0.498. The number of hydrogen-bond acceptors (Lipinski definition) is 4. The molecule has 0 spiro atoms. The topological polar surface area (TPSA) is 86.3 Å². The lowest BCUT2D eigenvalue weighted by Gasteiger charge is -2.00. The number of hydrogen-bond donors (Lipinski definition) is 2. The molecule has 1 aromatic heterocycles. The molecule has 2 N–H and O–H groups in total. The van der Waals surface area contributed by atoms with Crippen molar-refractivity contribution >= 4 is 12.0 Å². The summed E-state index contributed by atoms with van der Waals surface area (Å²) in [4.78, 5) is 11.8. The number of amides is 1. The van der Waals surface area contributed by atoms with Gasteiger partial charge in [-0.3, -0.25) is 4.79 Å².